The van der Waals surface area contributed by atoms with Crippen molar-refractivity contribution < 1.29 is 19.4 Å². The van der Waals surface area contributed by atoms with Crippen LogP contribution in [0.15, 0.2) is 42.5 Å². The fourth-order valence-corrected chi connectivity index (χ4v) is 3.26. The van der Waals surface area contributed by atoms with Crippen LogP contribution in [0.5, 0.6) is 0 Å². The van der Waals surface area contributed by atoms with E-state index in [2.05, 4.69) is 5.32 Å². The van der Waals surface area contributed by atoms with Gasteiger partial charge in [-0.15, -0.1) is 0 Å². The lowest BCUT2D eigenvalue weighted by Crippen LogP contribution is -2.45. The van der Waals surface area contributed by atoms with Crippen molar-refractivity contribution in [2.75, 3.05) is 0 Å². The summed E-state index contributed by atoms with van der Waals surface area (Å²) in [6.45, 7) is 0.182. The maximum atomic E-state index is 11.9. The summed E-state index contributed by atoms with van der Waals surface area (Å²) in [4.78, 5) is 23.2. The van der Waals surface area contributed by atoms with Crippen molar-refractivity contribution in [3.63, 3.8) is 0 Å². The van der Waals surface area contributed by atoms with Gasteiger partial charge < -0.3 is 15.2 Å². The van der Waals surface area contributed by atoms with Gasteiger partial charge in [0.15, 0.2) is 0 Å². The summed E-state index contributed by atoms with van der Waals surface area (Å²) in [5, 5.41) is 12.0. The van der Waals surface area contributed by atoms with Crippen LogP contribution in [0.2, 0.25) is 0 Å². The number of rotatable bonds is 4. The first-order valence-corrected chi connectivity index (χ1v) is 7.03. The van der Waals surface area contributed by atoms with Crippen LogP contribution in [0, 0.1) is 17.8 Å². The first-order valence-electron chi connectivity index (χ1n) is 7.03. The first kappa shape index (κ1) is 13.7. The number of alkyl carbamates (subject to hydrolysis) is 1. The van der Waals surface area contributed by atoms with Gasteiger partial charge in [-0.25, -0.2) is 4.79 Å². The van der Waals surface area contributed by atoms with Crippen LogP contribution in [0.4, 0.5) is 4.79 Å². The topological polar surface area (TPSA) is 75.6 Å². The largest absolute Gasteiger partial charge is 0.481 e. The molecule has 0 aliphatic heterocycles. The maximum absolute atomic E-state index is 11.9. The lowest BCUT2D eigenvalue weighted by Gasteiger charge is -2.25. The summed E-state index contributed by atoms with van der Waals surface area (Å²) in [6.07, 6.45) is 4.17. The van der Waals surface area contributed by atoms with Gasteiger partial charge in [0.2, 0.25) is 0 Å². The number of aliphatic carboxylic acids is 1. The number of fused-ring (bicyclic) bond motifs is 2. The SMILES string of the molecule is O=C(N[C@@H]1[C@@H](C(=O)O)[C@H]2C=C[C@@H]1C2)OCc1ccccc1. The van der Waals surface area contributed by atoms with E-state index >= 15 is 0 Å². The lowest BCUT2D eigenvalue weighted by atomic mass is 9.89. The van der Waals surface area contributed by atoms with Crippen molar-refractivity contribution >= 4 is 12.1 Å². The molecule has 1 aromatic rings. The quantitative estimate of drug-likeness (QED) is 0.832. The molecule has 5 nitrogen and oxygen atoms in total. The predicted molar refractivity (Wildman–Crippen MR) is 75.4 cm³/mol. The van der Waals surface area contributed by atoms with E-state index in [9.17, 15) is 14.7 Å². The highest BCUT2D eigenvalue weighted by Gasteiger charge is 2.49. The van der Waals surface area contributed by atoms with Crippen LogP contribution in [-0.4, -0.2) is 23.2 Å². The molecule has 1 fully saturated rings. The van der Waals surface area contributed by atoms with E-state index in [1.807, 2.05) is 42.5 Å². The van der Waals surface area contributed by atoms with Crippen molar-refractivity contribution in [2.24, 2.45) is 17.8 Å². The third-order valence-electron chi connectivity index (χ3n) is 4.24. The van der Waals surface area contributed by atoms with Gasteiger partial charge in [-0.2, -0.15) is 0 Å². The Labute approximate surface area is 122 Å². The Bertz CT molecular complexity index is 569. The summed E-state index contributed by atoms with van der Waals surface area (Å²) in [6, 6.07) is 9.00. The molecule has 1 aromatic carbocycles. The molecule has 0 radical (unpaired) electrons. The van der Waals surface area contributed by atoms with Gasteiger partial charge in [0.05, 0.1) is 12.0 Å². The number of carboxylic acids is 1. The van der Waals surface area contributed by atoms with E-state index in [1.165, 1.54) is 0 Å². The molecule has 0 saturated heterocycles. The molecule has 0 spiro atoms. The Balaban J connectivity index is 1.57. The third kappa shape index (κ3) is 2.77. The maximum Gasteiger partial charge on any atom is 0.407 e. The molecule has 1 amide bonds. The summed E-state index contributed by atoms with van der Waals surface area (Å²) in [5.41, 5.74) is 0.898. The molecule has 2 N–H and O–H groups in total. The average molecular weight is 287 g/mol. The van der Waals surface area contributed by atoms with Crippen molar-refractivity contribution in [2.45, 2.75) is 19.1 Å². The molecule has 110 valence electrons. The average Bonchev–Trinajstić information content (AvgIpc) is 3.07. The Hall–Kier alpha value is -2.30. The first-order chi connectivity index (χ1) is 10.1. The summed E-state index contributed by atoms with van der Waals surface area (Å²) < 4.78 is 5.16. The van der Waals surface area contributed by atoms with E-state index in [0.717, 1.165) is 12.0 Å². The van der Waals surface area contributed by atoms with Gasteiger partial charge in [0, 0.05) is 0 Å². The number of hydrogen-bond donors (Lipinski definition) is 2. The Morgan fingerprint density at radius 3 is 2.62 bits per heavy atom. The Morgan fingerprint density at radius 2 is 1.90 bits per heavy atom. The number of carbonyl (C=O) groups excluding carboxylic acids is 1. The third-order valence-corrected chi connectivity index (χ3v) is 4.24. The van der Waals surface area contributed by atoms with Crippen molar-refractivity contribution in [3.05, 3.63) is 48.0 Å². The summed E-state index contributed by atoms with van der Waals surface area (Å²) in [7, 11) is 0. The van der Waals surface area contributed by atoms with Gasteiger partial charge in [0.25, 0.3) is 0 Å². The second kappa shape index (κ2) is 5.60. The zero-order valence-corrected chi connectivity index (χ0v) is 11.4. The van der Waals surface area contributed by atoms with Crippen molar-refractivity contribution in [1.82, 2.24) is 5.32 Å². The molecule has 2 aliphatic carbocycles. The van der Waals surface area contributed by atoms with E-state index in [1.54, 1.807) is 0 Å². The van der Waals surface area contributed by atoms with Gasteiger partial charge in [-0.1, -0.05) is 42.5 Å². The Kier molecular flexibility index (Phi) is 3.64. The lowest BCUT2D eigenvalue weighted by molar-refractivity contribution is -0.143. The fourth-order valence-electron chi connectivity index (χ4n) is 3.26. The molecule has 0 unspecified atom stereocenters. The van der Waals surface area contributed by atoms with Crippen LogP contribution in [0.1, 0.15) is 12.0 Å². The molecule has 2 bridgehead atoms. The molecule has 2 aliphatic rings. The zero-order chi connectivity index (χ0) is 14.8. The standard InChI is InChI=1S/C16H17NO4/c18-15(19)13-11-6-7-12(8-11)14(13)17-16(20)21-9-10-4-2-1-3-5-10/h1-7,11-14H,8-9H2,(H,17,20)(H,18,19)/t11-,12+,13-,14-/m0/s1. The van der Waals surface area contributed by atoms with Crippen LogP contribution >= 0.6 is 0 Å². The monoisotopic (exact) mass is 287 g/mol. The van der Waals surface area contributed by atoms with Crippen LogP contribution in [-0.2, 0) is 16.1 Å². The Morgan fingerprint density at radius 1 is 1.19 bits per heavy atom. The van der Waals surface area contributed by atoms with E-state index in [-0.39, 0.29) is 24.5 Å². The minimum atomic E-state index is -0.861. The molecule has 1 saturated carbocycles. The number of carbonyl (C=O) groups is 2. The highest BCUT2D eigenvalue weighted by molar-refractivity contribution is 5.75. The number of nitrogens with one attached hydrogen (secondary N) is 1. The molecule has 5 heteroatoms. The van der Waals surface area contributed by atoms with E-state index in [4.69, 9.17) is 4.74 Å². The number of hydrogen-bond acceptors (Lipinski definition) is 3. The number of ether oxygens (including phenoxy) is 1. The molecule has 3 rings (SSSR count). The highest BCUT2D eigenvalue weighted by Crippen LogP contribution is 2.43. The smallest absolute Gasteiger partial charge is 0.407 e. The normalized spacial score (nSPS) is 29.3. The van der Waals surface area contributed by atoms with Gasteiger partial charge >= 0.3 is 12.1 Å². The van der Waals surface area contributed by atoms with E-state index in [0.29, 0.717) is 0 Å². The highest BCUT2D eigenvalue weighted by atomic mass is 16.5. The number of amides is 1. The second-order valence-electron chi connectivity index (χ2n) is 5.54. The van der Waals surface area contributed by atoms with Crippen molar-refractivity contribution in [1.29, 1.82) is 0 Å². The molecule has 4 atom stereocenters. The summed E-state index contributed by atoms with van der Waals surface area (Å²) in [5.74, 6) is -1.29. The van der Waals surface area contributed by atoms with Gasteiger partial charge in [-0.3, -0.25) is 4.79 Å². The fraction of sp³-hybridized carbons (Fsp3) is 0.375. The minimum absolute atomic E-state index is 0.0203. The minimum Gasteiger partial charge on any atom is -0.481 e. The zero-order valence-electron chi connectivity index (χ0n) is 11.4. The van der Waals surface area contributed by atoms with Crippen LogP contribution < -0.4 is 5.32 Å². The predicted octanol–water partition coefficient (Wildman–Crippen LogP) is 2.19. The molecular weight excluding hydrogens is 270 g/mol. The number of benzene rings is 1. The number of carboxylic acid groups (broad SMARTS) is 1. The van der Waals surface area contributed by atoms with E-state index < -0.39 is 18.0 Å². The van der Waals surface area contributed by atoms with Crippen molar-refractivity contribution in [3.8, 4) is 0 Å². The number of allylic oxidation sites excluding steroid dienone is 1. The van der Waals surface area contributed by atoms with Crippen LogP contribution in [0.3, 0.4) is 0 Å². The van der Waals surface area contributed by atoms with Gasteiger partial charge in [0.1, 0.15) is 6.61 Å². The molecule has 0 aromatic heterocycles. The van der Waals surface area contributed by atoms with Crippen LogP contribution in [0.25, 0.3) is 0 Å². The second-order valence-corrected chi connectivity index (χ2v) is 5.54. The molecule has 0 heterocycles. The molecule has 21 heavy (non-hydrogen) atoms. The summed E-state index contributed by atoms with van der Waals surface area (Å²) >= 11 is 0. The molecular formula is C16H17NO4. The van der Waals surface area contributed by atoms with Gasteiger partial charge in [-0.05, 0) is 23.8 Å².